The number of esters is 1. The number of carbonyl (C=O) groups is 1. The van der Waals surface area contributed by atoms with E-state index in [1.54, 1.807) is 12.4 Å². The Kier molecular flexibility index (Phi) is 4.97. The van der Waals surface area contributed by atoms with Crippen LogP contribution in [0.1, 0.15) is 42.1 Å². The number of rotatable bonds is 4. The first kappa shape index (κ1) is 19.0. The van der Waals surface area contributed by atoms with Crippen molar-refractivity contribution in [2.24, 2.45) is 0 Å². The predicted octanol–water partition coefficient (Wildman–Crippen LogP) is 4.63. The van der Waals surface area contributed by atoms with Crippen LogP contribution in [0.25, 0.3) is 0 Å². The number of methoxy groups -OCH3 is 1. The molecular weight excluding hydrogens is 364 g/mol. The Bertz CT molecular complexity index is 1030. The molecule has 1 atom stereocenters. The maximum absolute atomic E-state index is 12.4. The second-order valence-electron chi connectivity index (χ2n) is 7.68. The average molecular weight is 388 g/mol. The Labute approximate surface area is 170 Å². The van der Waals surface area contributed by atoms with Crippen molar-refractivity contribution in [3.63, 3.8) is 0 Å². The Morgan fingerprint density at radius 2 is 1.97 bits per heavy atom. The van der Waals surface area contributed by atoms with E-state index in [1.807, 2.05) is 56.3 Å². The van der Waals surface area contributed by atoms with Gasteiger partial charge in [-0.25, -0.2) is 0 Å². The van der Waals surface area contributed by atoms with Gasteiger partial charge in [-0.05, 0) is 54.8 Å². The molecule has 2 heterocycles. The number of fused-ring (bicyclic) bond motifs is 2. The molecule has 148 valence electrons. The van der Waals surface area contributed by atoms with Gasteiger partial charge >= 0.3 is 5.97 Å². The van der Waals surface area contributed by atoms with Gasteiger partial charge in [-0.15, -0.1) is 0 Å². The van der Waals surface area contributed by atoms with Crippen LogP contribution in [0.2, 0.25) is 0 Å². The molecule has 1 unspecified atom stereocenters. The average Bonchev–Trinajstić information content (AvgIpc) is 2.91. The lowest BCUT2D eigenvalue weighted by Gasteiger charge is -2.26. The number of carbonyl (C=O) groups excluding carboxylic acids is 1. The summed E-state index contributed by atoms with van der Waals surface area (Å²) in [5.41, 5.74) is 4.27. The summed E-state index contributed by atoms with van der Waals surface area (Å²) in [5, 5.41) is 3.60. The van der Waals surface area contributed by atoms with Gasteiger partial charge in [0.15, 0.2) is 0 Å². The van der Waals surface area contributed by atoms with Crippen LogP contribution in [0.3, 0.4) is 0 Å². The minimum atomic E-state index is -0.769. The third-order valence-corrected chi connectivity index (χ3v) is 5.46. The van der Waals surface area contributed by atoms with Crippen molar-refractivity contribution in [3.05, 3.63) is 89.2 Å². The molecule has 3 aromatic rings. The number of nitrogens with zero attached hydrogens (tertiary/aromatic N) is 1. The fraction of sp³-hybridized carbons (Fsp3) is 0.250. The van der Waals surface area contributed by atoms with Gasteiger partial charge in [0.1, 0.15) is 12.4 Å². The topological polar surface area (TPSA) is 60.5 Å². The minimum absolute atomic E-state index is 0.138. The first-order valence-electron chi connectivity index (χ1n) is 9.60. The smallest absolute Gasteiger partial charge is 0.315 e. The van der Waals surface area contributed by atoms with Crippen molar-refractivity contribution in [2.45, 2.75) is 31.9 Å². The Morgan fingerprint density at radius 3 is 2.72 bits per heavy atom. The highest BCUT2D eigenvalue weighted by atomic mass is 16.5. The fourth-order valence-corrected chi connectivity index (χ4v) is 3.71. The molecule has 1 aliphatic heterocycles. The van der Waals surface area contributed by atoms with Gasteiger partial charge in [0, 0.05) is 18.0 Å². The summed E-state index contributed by atoms with van der Waals surface area (Å²) in [5.74, 6) is 0.524. The van der Waals surface area contributed by atoms with Gasteiger partial charge in [-0.2, -0.15) is 0 Å². The van der Waals surface area contributed by atoms with E-state index in [0.29, 0.717) is 6.61 Å². The van der Waals surface area contributed by atoms with Crippen LogP contribution in [0.4, 0.5) is 5.69 Å². The standard InChI is InChI=1S/C24H24N2O3/c1-24(2,23(27)28-3)17-10-11-21-20(13-17)22(26-18-8-6-12-25-14-18)19-9-5-4-7-16(19)15-29-21/h4-14,22,26H,15H2,1-3H3. The van der Waals surface area contributed by atoms with Crippen molar-refractivity contribution in [3.8, 4) is 5.75 Å². The van der Waals surface area contributed by atoms with E-state index in [0.717, 1.165) is 33.7 Å². The highest BCUT2D eigenvalue weighted by molar-refractivity contribution is 5.82. The number of aromatic nitrogens is 1. The molecule has 1 aromatic heterocycles. The van der Waals surface area contributed by atoms with Gasteiger partial charge in [-0.1, -0.05) is 30.3 Å². The van der Waals surface area contributed by atoms with Gasteiger partial charge in [-0.3, -0.25) is 9.78 Å². The molecule has 0 fully saturated rings. The van der Waals surface area contributed by atoms with Crippen LogP contribution in [0.5, 0.6) is 5.75 Å². The van der Waals surface area contributed by atoms with Crippen molar-refractivity contribution in [2.75, 3.05) is 12.4 Å². The first-order valence-corrected chi connectivity index (χ1v) is 9.60. The number of hydrogen-bond donors (Lipinski definition) is 1. The van der Waals surface area contributed by atoms with Crippen LogP contribution in [0.15, 0.2) is 67.0 Å². The van der Waals surface area contributed by atoms with Crippen molar-refractivity contribution >= 4 is 11.7 Å². The zero-order chi connectivity index (χ0) is 20.4. The SMILES string of the molecule is COC(=O)C(C)(C)c1ccc2c(c1)C(Nc1cccnc1)c1ccccc1CO2. The third kappa shape index (κ3) is 3.56. The summed E-state index contributed by atoms with van der Waals surface area (Å²) in [6, 6.07) is 17.9. The quantitative estimate of drug-likeness (QED) is 0.661. The molecule has 1 aliphatic rings. The molecule has 5 heteroatoms. The van der Waals surface area contributed by atoms with E-state index < -0.39 is 5.41 Å². The summed E-state index contributed by atoms with van der Waals surface area (Å²) < 4.78 is 11.1. The second kappa shape index (κ2) is 7.59. The normalized spacial score (nSPS) is 15.3. The van der Waals surface area contributed by atoms with Crippen LogP contribution in [-0.4, -0.2) is 18.1 Å². The lowest BCUT2D eigenvalue weighted by molar-refractivity contribution is -0.146. The lowest BCUT2D eigenvalue weighted by Crippen LogP contribution is -2.30. The lowest BCUT2D eigenvalue weighted by atomic mass is 9.82. The van der Waals surface area contributed by atoms with Gasteiger partial charge in [0.2, 0.25) is 0 Å². The van der Waals surface area contributed by atoms with E-state index in [1.165, 1.54) is 7.11 Å². The molecule has 29 heavy (non-hydrogen) atoms. The van der Waals surface area contributed by atoms with Gasteiger partial charge in [0.25, 0.3) is 0 Å². The Hall–Kier alpha value is -3.34. The molecule has 5 nitrogen and oxygen atoms in total. The zero-order valence-corrected chi connectivity index (χ0v) is 16.8. The van der Waals surface area contributed by atoms with Crippen LogP contribution in [-0.2, 0) is 21.6 Å². The van der Waals surface area contributed by atoms with Crippen molar-refractivity contribution in [1.82, 2.24) is 4.98 Å². The molecule has 0 aliphatic carbocycles. The minimum Gasteiger partial charge on any atom is -0.489 e. The molecule has 0 spiro atoms. The number of pyridine rings is 1. The molecule has 0 bridgehead atoms. The number of anilines is 1. The molecule has 4 rings (SSSR count). The van der Waals surface area contributed by atoms with E-state index in [-0.39, 0.29) is 12.0 Å². The van der Waals surface area contributed by atoms with Gasteiger partial charge in [0.05, 0.1) is 24.3 Å². The predicted molar refractivity (Wildman–Crippen MR) is 112 cm³/mol. The van der Waals surface area contributed by atoms with Crippen LogP contribution in [0, 0.1) is 0 Å². The van der Waals surface area contributed by atoms with E-state index in [2.05, 4.69) is 22.4 Å². The number of hydrogen-bond acceptors (Lipinski definition) is 5. The summed E-state index contributed by atoms with van der Waals surface area (Å²) in [6.45, 7) is 4.24. The summed E-state index contributed by atoms with van der Waals surface area (Å²) >= 11 is 0. The van der Waals surface area contributed by atoms with Crippen LogP contribution >= 0.6 is 0 Å². The van der Waals surface area contributed by atoms with Gasteiger partial charge < -0.3 is 14.8 Å². The molecule has 0 saturated heterocycles. The van der Waals surface area contributed by atoms with E-state index >= 15 is 0 Å². The van der Waals surface area contributed by atoms with Crippen molar-refractivity contribution in [1.29, 1.82) is 0 Å². The highest BCUT2D eigenvalue weighted by Crippen LogP contribution is 2.40. The monoisotopic (exact) mass is 388 g/mol. The zero-order valence-electron chi connectivity index (χ0n) is 16.8. The highest BCUT2D eigenvalue weighted by Gasteiger charge is 2.33. The van der Waals surface area contributed by atoms with E-state index in [4.69, 9.17) is 9.47 Å². The Morgan fingerprint density at radius 1 is 1.14 bits per heavy atom. The number of benzene rings is 2. The molecule has 0 amide bonds. The first-order chi connectivity index (χ1) is 14.0. The molecular formula is C24H24N2O3. The molecule has 2 aromatic carbocycles. The maximum atomic E-state index is 12.4. The maximum Gasteiger partial charge on any atom is 0.315 e. The summed E-state index contributed by atoms with van der Waals surface area (Å²) in [7, 11) is 1.42. The largest absolute Gasteiger partial charge is 0.489 e. The number of nitrogens with one attached hydrogen (secondary N) is 1. The molecule has 0 saturated carbocycles. The number of ether oxygens (including phenoxy) is 2. The summed E-state index contributed by atoms with van der Waals surface area (Å²) in [4.78, 5) is 16.6. The second-order valence-corrected chi connectivity index (χ2v) is 7.68. The fourth-order valence-electron chi connectivity index (χ4n) is 3.71. The van der Waals surface area contributed by atoms with E-state index in [9.17, 15) is 4.79 Å². The Balaban J connectivity index is 1.85. The third-order valence-electron chi connectivity index (χ3n) is 5.46. The molecule has 1 N–H and O–H groups in total. The summed E-state index contributed by atoms with van der Waals surface area (Å²) in [6.07, 6.45) is 3.55. The van der Waals surface area contributed by atoms with Crippen molar-refractivity contribution < 1.29 is 14.3 Å². The molecule has 0 radical (unpaired) electrons. The van der Waals surface area contributed by atoms with Crippen LogP contribution < -0.4 is 10.1 Å².